The Bertz CT molecular complexity index is 558. The highest BCUT2D eigenvalue weighted by Crippen LogP contribution is 2.28. The van der Waals surface area contributed by atoms with E-state index in [4.69, 9.17) is 10.2 Å². The van der Waals surface area contributed by atoms with Gasteiger partial charge in [0.05, 0.1) is 9.40 Å². The summed E-state index contributed by atoms with van der Waals surface area (Å²) in [6.07, 6.45) is 1.11. The number of anilines is 1. The highest BCUT2D eigenvalue weighted by atomic mass is 79.9. The Morgan fingerprint density at radius 2 is 2.29 bits per heavy atom. The molecule has 0 radical (unpaired) electrons. The minimum atomic E-state index is -0.577. The van der Waals surface area contributed by atoms with Gasteiger partial charge < -0.3 is 10.2 Å². The lowest BCUT2D eigenvalue weighted by atomic mass is 10.4. The molecule has 0 amide bonds. The van der Waals surface area contributed by atoms with Crippen LogP contribution in [0.15, 0.2) is 25.8 Å². The lowest BCUT2D eigenvalue weighted by Gasteiger charge is -1.99. The second-order valence-corrected chi connectivity index (χ2v) is 4.74. The maximum Gasteiger partial charge on any atom is 0.330 e. The summed E-state index contributed by atoms with van der Waals surface area (Å²) >= 11 is 6.46. The van der Waals surface area contributed by atoms with E-state index in [2.05, 4.69) is 37.0 Å². The molecular formula is C8H6Br2N4O3. The SMILES string of the molecule is Nc1c([N+](=O)[O-])cnn1Cc1cc(Br)c(Br)o1. The maximum absolute atomic E-state index is 10.6. The van der Waals surface area contributed by atoms with E-state index in [9.17, 15) is 10.1 Å². The van der Waals surface area contributed by atoms with Crippen molar-refractivity contribution in [2.45, 2.75) is 6.54 Å². The van der Waals surface area contributed by atoms with Crippen molar-refractivity contribution in [3.63, 3.8) is 0 Å². The lowest BCUT2D eigenvalue weighted by molar-refractivity contribution is -0.384. The number of hydrogen-bond donors (Lipinski definition) is 1. The Hall–Kier alpha value is -1.35. The van der Waals surface area contributed by atoms with Crippen LogP contribution in [0, 0.1) is 10.1 Å². The second kappa shape index (κ2) is 4.49. The van der Waals surface area contributed by atoms with Gasteiger partial charge in [0, 0.05) is 0 Å². The first kappa shape index (κ1) is 12.1. The third kappa shape index (κ3) is 2.34. The fourth-order valence-electron chi connectivity index (χ4n) is 1.27. The summed E-state index contributed by atoms with van der Waals surface area (Å²) in [6, 6.07) is 1.73. The van der Waals surface area contributed by atoms with Crippen LogP contribution >= 0.6 is 31.9 Å². The summed E-state index contributed by atoms with van der Waals surface area (Å²) in [5.74, 6) is 0.576. The number of nitrogens with two attached hydrogens (primary N) is 1. The summed E-state index contributed by atoms with van der Waals surface area (Å²) in [6.45, 7) is 0.226. The minimum absolute atomic E-state index is 0.00125. The highest BCUT2D eigenvalue weighted by molar-refractivity contribution is 9.13. The zero-order chi connectivity index (χ0) is 12.6. The first-order valence-corrected chi connectivity index (χ1v) is 5.97. The average molecular weight is 366 g/mol. The summed E-state index contributed by atoms with van der Waals surface area (Å²) in [5, 5.41) is 14.4. The van der Waals surface area contributed by atoms with Crippen LogP contribution in [-0.2, 0) is 6.54 Å². The van der Waals surface area contributed by atoms with Crippen molar-refractivity contribution in [3.05, 3.63) is 37.3 Å². The molecule has 0 saturated carbocycles. The molecule has 0 aromatic carbocycles. The smallest absolute Gasteiger partial charge is 0.330 e. The van der Waals surface area contributed by atoms with Crippen LogP contribution in [0.4, 0.5) is 11.5 Å². The first-order valence-electron chi connectivity index (χ1n) is 4.38. The van der Waals surface area contributed by atoms with Gasteiger partial charge in [0.25, 0.3) is 0 Å². The van der Waals surface area contributed by atoms with Crippen molar-refractivity contribution >= 4 is 43.4 Å². The highest BCUT2D eigenvalue weighted by Gasteiger charge is 2.18. The van der Waals surface area contributed by atoms with Crippen molar-refractivity contribution in [2.75, 3.05) is 5.73 Å². The summed E-state index contributed by atoms with van der Waals surface area (Å²) in [5.41, 5.74) is 5.38. The van der Waals surface area contributed by atoms with Crippen LogP contribution < -0.4 is 5.73 Å². The third-order valence-electron chi connectivity index (χ3n) is 2.06. The van der Waals surface area contributed by atoms with E-state index in [1.807, 2.05) is 0 Å². The Morgan fingerprint density at radius 1 is 1.59 bits per heavy atom. The molecule has 2 heterocycles. The number of hydrogen-bond acceptors (Lipinski definition) is 5. The molecule has 0 aliphatic carbocycles. The zero-order valence-corrected chi connectivity index (χ0v) is 11.4. The van der Waals surface area contributed by atoms with E-state index < -0.39 is 4.92 Å². The molecule has 2 aromatic heterocycles. The molecule has 90 valence electrons. The number of nitro groups is 1. The van der Waals surface area contributed by atoms with Gasteiger partial charge in [-0.05, 0) is 37.9 Å². The van der Waals surface area contributed by atoms with E-state index in [0.717, 1.165) is 10.7 Å². The van der Waals surface area contributed by atoms with Crippen molar-refractivity contribution in [3.8, 4) is 0 Å². The summed E-state index contributed by atoms with van der Waals surface area (Å²) < 4.78 is 7.93. The van der Waals surface area contributed by atoms with Gasteiger partial charge in [-0.2, -0.15) is 5.10 Å². The van der Waals surface area contributed by atoms with E-state index in [1.165, 1.54) is 4.68 Å². The topological polar surface area (TPSA) is 100 Å². The molecule has 0 spiro atoms. The Balaban J connectivity index is 2.27. The van der Waals surface area contributed by atoms with E-state index >= 15 is 0 Å². The van der Waals surface area contributed by atoms with Gasteiger partial charge in [0.2, 0.25) is 5.82 Å². The van der Waals surface area contributed by atoms with Gasteiger partial charge >= 0.3 is 5.69 Å². The molecule has 2 rings (SSSR count). The molecule has 0 saturated heterocycles. The number of nitrogens with zero attached hydrogens (tertiary/aromatic N) is 3. The second-order valence-electron chi connectivity index (χ2n) is 3.16. The van der Waals surface area contributed by atoms with E-state index in [0.29, 0.717) is 10.4 Å². The number of aromatic nitrogens is 2. The molecule has 0 fully saturated rings. The molecule has 0 aliphatic heterocycles. The van der Waals surface area contributed by atoms with Gasteiger partial charge in [0.15, 0.2) is 4.67 Å². The molecular weight excluding hydrogens is 360 g/mol. The molecule has 0 atom stereocenters. The predicted octanol–water partition coefficient (Wildman–Crippen LogP) is 2.54. The van der Waals surface area contributed by atoms with E-state index in [1.54, 1.807) is 6.07 Å². The molecule has 17 heavy (non-hydrogen) atoms. The molecule has 9 heteroatoms. The fraction of sp³-hybridized carbons (Fsp3) is 0.125. The van der Waals surface area contributed by atoms with E-state index in [-0.39, 0.29) is 18.1 Å². The number of nitrogen functional groups attached to an aromatic ring is 1. The Labute approximate surface area is 112 Å². The quantitative estimate of drug-likeness (QED) is 0.665. The molecule has 0 aliphatic rings. The van der Waals surface area contributed by atoms with Crippen molar-refractivity contribution in [1.82, 2.24) is 9.78 Å². The predicted molar refractivity (Wildman–Crippen MR) is 66.5 cm³/mol. The lowest BCUT2D eigenvalue weighted by Crippen LogP contribution is -2.06. The maximum atomic E-state index is 10.6. The van der Waals surface area contributed by atoms with Gasteiger partial charge in [-0.1, -0.05) is 0 Å². The summed E-state index contributed by atoms with van der Waals surface area (Å²) in [4.78, 5) is 10.0. The Morgan fingerprint density at radius 3 is 2.76 bits per heavy atom. The van der Waals surface area contributed by atoms with Crippen molar-refractivity contribution in [1.29, 1.82) is 0 Å². The van der Waals surface area contributed by atoms with Crippen molar-refractivity contribution in [2.24, 2.45) is 0 Å². The molecule has 0 unspecified atom stereocenters. The average Bonchev–Trinajstić information content (AvgIpc) is 2.74. The van der Waals surface area contributed by atoms with Gasteiger partial charge in [-0.3, -0.25) is 10.1 Å². The van der Waals surface area contributed by atoms with Gasteiger partial charge in [-0.25, -0.2) is 4.68 Å². The summed E-state index contributed by atoms with van der Waals surface area (Å²) in [7, 11) is 0. The van der Waals surface area contributed by atoms with Crippen LogP contribution in [0.25, 0.3) is 0 Å². The third-order valence-corrected chi connectivity index (χ3v) is 3.77. The van der Waals surface area contributed by atoms with Gasteiger partial charge in [0.1, 0.15) is 18.5 Å². The molecule has 2 aromatic rings. The number of halogens is 2. The largest absolute Gasteiger partial charge is 0.451 e. The normalized spacial score (nSPS) is 10.7. The minimum Gasteiger partial charge on any atom is -0.451 e. The van der Waals surface area contributed by atoms with Gasteiger partial charge in [-0.15, -0.1) is 0 Å². The van der Waals surface area contributed by atoms with Crippen LogP contribution in [0.3, 0.4) is 0 Å². The standard InChI is InChI=1S/C8H6Br2N4O3/c9-5-1-4(17-7(5)10)3-13-8(11)6(2-12-13)14(15)16/h1-2H,3,11H2. The van der Waals surface area contributed by atoms with Crippen LogP contribution in [0.2, 0.25) is 0 Å². The monoisotopic (exact) mass is 364 g/mol. The number of rotatable bonds is 3. The molecule has 2 N–H and O–H groups in total. The fourth-order valence-corrected chi connectivity index (χ4v) is 1.93. The zero-order valence-electron chi connectivity index (χ0n) is 8.26. The molecule has 0 bridgehead atoms. The molecule has 7 nitrogen and oxygen atoms in total. The van der Waals surface area contributed by atoms with Crippen LogP contribution in [0.1, 0.15) is 5.76 Å². The van der Waals surface area contributed by atoms with Crippen molar-refractivity contribution < 1.29 is 9.34 Å². The first-order chi connectivity index (χ1) is 7.99. The van der Waals surface area contributed by atoms with Crippen LogP contribution in [-0.4, -0.2) is 14.7 Å². The van der Waals surface area contributed by atoms with Crippen LogP contribution in [0.5, 0.6) is 0 Å². The Kier molecular flexibility index (Phi) is 3.20. The number of furan rings is 1.